The number of aliphatic carboxylic acids is 1. The normalized spacial score (nSPS) is 10.9. The number of carbonyl (C=O) groups is 1. The number of rotatable bonds is 5. The van der Waals surface area contributed by atoms with Crippen molar-refractivity contribution in [1.82, 2.24) is 9.55 Å². The third-order valence-corrected chi connectivity index (χ3v) is 2.20. The molecular weight excluding hydrogens is 192 g/mol. The fourth-order valence-corrected chi connectivity index (χ4v) is 1.54. The first-order valence-electron chi connectivity index (χ1n) is 5.22. The van der Waals surface area contributed by atoms with E-state index in [0.29, 0.717) is 12.3 Å². The van der Waals surface area contributed by atoms with E-state index in [1.807, 2.05) is 17.8 Å². The Balaban J connectivity index is 2.64. The summed E-state index contributed by atoms with van der Waals surface area (Å²) in [5.41, 5.74) is 1.05. The van der Waals surface area contributed by atoms with Crippen molar-refractivity contribution in [2.45, 2.75) is 33.1 Å². The number of aryl methyl sites for hydroxylation is 2. The highest BCUT2D eigenvalue weighted by Crippen LogP contribution is 2.09. The van der Waals surface area contributed by atoms with Crippen LogP contribution >= 0.6 is 0 Å². The lowest BCUT2D eigenvalue weighted by Crippen LogP contribution is -2.02. The second-order valence-corrected chi connectivity index (χ2v) is 4.25. The molecule has 0 aliphatic carbocycles. The van der Waals surface area contributed by atoms with Crippen molar-refractivity contribution in [2.24, 2.45) is 13.0 Å². The molecular formula is C11H18N2O2. The molecule has 0 fully saturated rings. The van der Waals surface area contributed by atoms with Crippen molar-refractivity contribution in [3.63, 3.8) is 0 Å². The minimum absolute atomic E-state index is 0.145. The number of hydrogen-bond donors (Lipinski definition) is 1. The quantitative estimate of drug-likeness (QED) is 0.803. The molecule has 84 valence electrons. The van der Waals surface area contributed by atoms with Crippen molar-refractivity contribution in [2.75, 3.05) is 0 Å². The van der Waals surface area contributed by atoms with E-state index in [2.05, 4.69) is 18.8 Å². The van der Waals surface area contributed by atoms with Crippen molar-refractivity contribution in [1.29, 1.82) is 0 Å². The van der Waals surface area contributed by atoms with Crippen LogP contribution in [-0.2, 0) is 24.7 Å². The summed E-state index contributed by atoms with van der Waals surface area (Å²) in [4.78, 5) is 14.9. The van der Waals surface area contributed by atoms with Crippen LogP contribution in [0.3, 0.4) is 0 Å². The molecule has 0 saturated carbocycles. The van der Waals surface area contributed by atoms with Gasteiger partial charge in [-0.2, -0.15) is 0 Å². The number of carboxylic acid groups (broad SMARTS) is 1. The largest absolute Gasteiger partial charge is 0.481 e. The van der Waals surface area contributed by atoms with Crippen LogP contribution in [0, 0.1) is 5.92 Å². The molecule has 1 aromatic rings. The molecule has 1 heterocycles. The first-order valence-corrected chi connectivity index (χ1v) is 5.22. The monoisotopic (exact) mass is 210 g/mol. The predicted octanol–water partition coefficient (Wildman–Crippen LogP) is 1.64. The van der Waals surface area contributed by atoms with E-state index in [1.165, 1.54) is 0 Å². The molecule has 0 unspecified atom stereocenters. The second-order valence-electron chi connectivity index (χ2n) is 4.25. The second kappa shape index (κ2) is 4.96. The van der Waals surface area contributed by atoms with Gasteiger partial charge in [-0.25, -0.2) is 4.98 Å². The molecule has 0 spiro atoms. The lowest BCUT2D eigenvalue weighted by Gasteiger charge is -1.98. The zero-order chi connectivity index (χ0) is 11.4. The zero-order valence-electron chi connectivity index (χ0n) is 9.53. The first-order chi connectivity index (χ1) is 6.99. The number of carboxylic acids is 1. The maximum Gasteiger partial charge on any atom is 0.303 e. The highest BCUT2D eigenvalue weighted by molar-refractivity contribution is 5.66. The van der Waals surface area contributed by atoms with Gasteiger partial charge in [-0.1, -0.05) is 13.8 Å². The lowest BCUT2D eigenvalue weighted by atomic mass is 10.1. The van der Waals surface area contributed by atoms with Gasteiger partial charge in [-0.3, -0.25) is 4.79 Å². The third-order valence-electron chi connectivity index (χ3n) is 2.20. The van der Waals surface area contributed by atoms with Crippen LogP contribution in [0.15, 0.2) is 6.20 Å². The summed E-state index contributed by atoms with van der Waals surface area (Å²) in [6, 6.07) is 0. The first kappa shape index (κ1) is 11.8. The summed E-state index contributed by atoms with van der Waals surface area (Å²) in [5, 5.41) is 8.58. The molecule has 1 N–H and O–H groups in total. The topological polar surface area (TPSA) is 55.1 Å². The summed E-state index contributed by atoms with van der Waals surface area (Å²) >= 11 is 0. The molecule has 0 aliphatic heterocycles. The Morgan fingerprint density at radius 1 is 1.60 bits per heavy atom. The van der Waals surface area contributed by atoms with Gasteiger partial charge in [0.25, 0.3) is 0 Å². The highest BCUT2D eigenvalue weighted by Gasteiger charge is 2.08. The van der Waals surface area contributed by atoms with Gasteiger partial charge in [0.2, 0.25) is 0 Å². The van der Waals surface area contributed by atoms with Gasteiger partial charge in [-0.15, -0.1) is 0 Å². The lowest BCUT2D eigenvalue weighted by molar-refractivity contribution is -0.137. The Morgan fingerprint density at radius 3 is 2.80 bits per heavy atom. The van der Waals surface area contributed by atoms with Gasteiger partial charge in [0.1, 0.15) is 5.82 Å². The Morgan fingerprint density at radius 2 is 2.27 bits per heavy atom. The molecule has 0 aliphatic rings. The van der Waals surface area contributed by atoms with Crippen molar-refractivity contribution >= 4 is 5.97 Å². The number of aromatic nitrogens is 2. The van der Waals surface area contributed by atoms with E-state index in [1.54, 1.807) is 0 Å². The van der Waals surface area contributed by atoms with Crippen LogP contribution in [0.4, 0.5) is 0 Å². The Hall–Kier alpha value is -1.32. The zero-order valence-corrected chi connectivity index (χ0v) is 9.53. The minimum Gasteiger partial charge on any atom is -0.481 e. The minimum atomic E-state index is -0.775. The Bertz CT molecular complexity index is 342. The van der Waals surface area contributed by atoms with Crippen LogP contribution in [0.25, 0.3) is 0 Å². The Kier molecular flexibility index (Phi) is 3.88. The van der Waals surface area contributed by atoms with Gasteiger partial charge in [-0.05, 0) is 12.3 Å². The molecule has 4 nitrogen and oxygen atoms in total. The molecule has 0 aromatic carbocycles. The number of nitrogens with zero attached hydrogens (tertiary/aromatic N) is 2. The van der Waals surface area contributed by atoms with Gasteiger partial charge >= 0.3 is 5.97 Å². The number of imidazole rings is 1. The average molecular weight is 210 g/mol. The van der Waals surface area contributed by atoms with E-state index >= 15 is 0 Å². The predicted molar refractivity (Wildman–Crippen MR) is 57.7 cm³/mol. The molecule has 0 amide bonds. The smallest absolute Gasteiger partial charge is 0.303 e. The molecule has 1 rings (SSSR count). The SMILES string of the molecule is CC(C)Cc1cn(C)c(CCC(=O)O)n1. The van der Waals surface area contributed by atoms with E-state index in [9.17, 15) is 4.79 Å². The average Bonchev–Trinajstić information content (AvgIpc) is 2.41. The van der Waals surface area contributed by atoms with Gasteiger partial charge in [0.15, 0.2) is 0 Å². The van der Waals surface area contributed by atoms with Crippen molar-refractivity contribution < 1.29 is 9.90 Å². The molecule has 1 aromatic heterocycles. The van der Waals surface area contributed by atoms with Crippen LogP contribution in [0.1, 0.15) is 31.8 Å². The van der Waals surface area contributed by atoms with Crippen LogP contribution in [0.5, 0.6) is 0 Å². The maximum absolute atomic E-state index is 10.4. The summed E-state index contributed by atoms with van der Waals surface area (Å²) in [6.45, 7) is 4.29. The summed E-state index contributed by atoms with van der Waals surface area (Å²) in [6.07, 6.45) is 3.58. The van der Waals surface area contributed by atoms with Gasteiger partial charge in [0.05, 0.1) is 12.1 Å². The molecule has 4 heteroatoms. The molecule has 0 saturated heterocycles. The van der Waals surface area contributed by atoms with Gasteiger partial charge in [0, 0.05) is 19.7 Å². The van der Waals surface area contributed by atoms with Gasteiger partial charge < -0.3 is 9.67 Å². The van der Waals surface area contributed by atoms with Crippen LogP contribution < -0.4 is 0 Å². The molecule has 15 heavy (non-hydrogen) atoms. The summed E-state index contributed by atoms with van der Waals surface area (Å²) < 4.78 is 1.92. The Labute approximate surface area is 89.9 Å². The molecule has 0 atom stereocenters. The highest BCUT2D eigenvalue weighted by atomic mass is 16.4. The summed E-state index contributed by atoms with van der Waals surface area (Å²) in [7, 11) is 1.91. The van der Waals surface area contributed by atoms with Crippen LogP contribution in [-0.4, -0.2) is 20.6 Å². The maximum atomic E-state index is 10.4. The third kappa shape index (κ3) is 3.73. The van der Waals surface area contributed by atoms with E-state index in [0.717, 1.165) is 17.9 Å². The summed E-state index contributed by atoms with van der Waals surface area (Å²) in [5.74, 6) is 0.656. The van der Waals surface area contributed by atoms with Crippen LogP contribution in [0.2, 0.25) is 0 Å². The fourth-order valence-electron chi connectivity index (χ4n) is 1.54. The van der Waals surface area contributed by atoms with E-state index in [4.69, 9.17) is 5.11 Å². The van der Waals surface area contributed by atoms with Crippen molar-refractivity contribution in [3.8, 4) is 0 Å². The molecule has 0 bridgehead atoms. The van der Waals surface area contributed by atoms with E-state index < -0.39 is 5.97 Å². The molecule has 0 radical (unpaired) electrons. The number of hydrogen-bond acceptors (Lipinski definition) is 2. The standard InChI is InChI=1S/C11H18N2O2/c1-8(2)6-9-7-13(3)10(12-9)4-5-11(14)15/h7-8H,4-6H2,1-3H3,(H,14,15). The fraction of sp³-hybridized carbons (Fsp3) is 0.636. The van der Waals surface area contributed by atoms with E-state index in [-0.39, 0.29) is 6.42 Å². The van der Waals surface area contributed by atoms with Crippen molar-refractivity contribution in [3.05, 3.63) is 17.7 Å².